The number of hydrogen-bond donors (Lipinski definition) is 2. The van der Waals surface area contributed by atoms with Gasteiger partial charge in [0.1, 0.15) is 0 Å². The number of benzene rings is 2. The third-order valence-electron chi connectivity index (χ3n) is 2.40. The molecule has 0 fully saturated rings. The monoisotopic (exact) mass is 244 g/mol. The molecule has 0 aliphatic carbocycles. The Labute approximate surface area is 105 Å². The summed E-state index contributed by atoms with van der Waals surface area (Å²) in [5.74, 6) is 0.824. The van der Waals surface area contributed by atoms with E-state index < -0.39 is 7.12 Å². The number of rotatable bonds is 4. The van der Waals surface area contributed by atoms with Crippen LogP contribution in [0, 0.1) is 0 Å². The smallest absolute Gasteiger partial charge is 0.423 e. The minimum absolute atomic E-state index is 0.538. The van der Waals surface area contributed by atoms with Gasteiger partial charge < -0.3 is 10.0 Å². The molecule has 2 aromatic carbocycles. The molecule has 86 valence electrons. The van der Waals surface area contributed by atoms with Crippen LogP contribution in [0.1, 0.15) is 5.56 Å². The maximum absolute atomic E-state index is 9.08. The van der Waals surface area contributed by atoms with Gasteiger partial charge in [-0.2, -0.15) is 0 Å². The summed E-state index contributed by atoms with van der Waals surface area (Å²) in [4.78, 5) is 1.21. The first-order valence-corrected chi connectivity index (χ1v) is 6.37. The van der Waals surface area contributed by atoms with Crippen molar-refractivity contribution in [3.05, 3.63) is 60.2 Å². The van der Waals surface area contributed by atoms with E-state index in [0.29, 0.717) is 5.46 Å². The highest BCUT2D eigenvalue weighted by Gasteiger charge is 2.10. The van der Waals surface area contributed by atoms with Crippen LogP contribution in [0.25, 0.3) is 0 Å². The molecule has 2 rings (SSSR count). The van der Waals surface area contributed by atoms with Crippen LogP contribution in [0.4, 0.5) is 0 Å². The largest absolute Gasteiger partial charge is 0.488 e. The molecular weight excluding hydrogens is 231 g/mol. The molecule has 2 aromatic rings. The van der Waals surface area contributed by atoms with Crippen LogP contribution in [0.5, 0.6) is 0 Å². The van der Waals surface area contributed by atoms with Gasteiger partial charge in [0.15, 0.2) is 0 Å². The Morgan fingerprint density at radius 1 is 0.941 bits per heavy atom. The minimum atomic E-state index is -1.39. The summed E-state index contributed by atoms with van der Waals surface area (Å²) in [6, 6.07) is 17.5. The molecule has 0 atom stereocenters. The Bertz CT molecular complexity index is 474. The topological polar surface area (TPSA) is 40.5 Å². The lowest BCUT2D eigenvalue weighted by Gasteiger charge is -2.04. The molecular formula is C13H13BO2S. The molecule has 0 heterocycles. The van der Waals surface area contributed by atoms with Crippen molar-refractivity contribution >= 4 is 24.3 Å². The van der Waals surface area contributed by atoms with Gasteiger partial charge in [0, 0.05) is 10.6 Å². The van der Waals surface area contributed by atoms with Gasteiger partial charge in [-0.15, -0.1) is 11.8 Å². The Hall–Kier alpha value is -1.23. The molecule has 17 heavy (non-hydrogen) atoms. The molecule has 0 bridgehead atoms. The maximum Gasteiger partial charge on any atom is 0.488 e. The van der Waals surface area contributed by atoms with Gasteiger partial charge in [0.2, 0.25) is 0 Å². The molecule has 0 aliphatic heterocycles. The van der Waals surface area contributed by atoms with Crippen LogP contribution in [0.15, 0.2) is 59.5 Å². The Balaban J connectivity index is 2.02. The Morgan fingerprint density at radius 3 is 2.41 bits per heavy atom. The lowest BCUT2D eigenvalue weighted by Crippen LogP contribution is -2.29. The average Bonchev–Trinajstić information content (AvgIpc) is 2.38. The summed E-state index contributed by atoms with van der Waals surface area (Å²) >= 11 is 1.73. The highest BCUT2D eigenvalue weighted by atomic mass is 32.2. The molecule has 0 aliphatic rings. The average molecular weight is 244 g/mol. The normalized spacial score (nSPS) is 10.2. The molecule has 0 amide bonds. The summed E-state index contributed by atoms with van der Waals surface area (Å²) in [7, 11) is -1.39. The van der Waals surface area contributed by atoms with Crippen molar-refractivity contribution in [2.45, 2.75) is 10.6 Å². The quantitative estimate of drug-likeness (QED) is 0.634. The third kappa shape index (κ3) is 3.63. The van der Waals surface area contributed by atoms with Gasteiger partial charge in [0.05, 0.1) is 0 Å². The van der Waals surface area contributed by atoms with Crippen molar-refractivity contribution in [3.63, 3.8) is 0 Å². The first-order valence-electron chi connectivity index (χ1n) is 5.38. The second kappa shape index (κ2) is 5.91. The maximum atomic E-state index is 9.08. The van der Waals surface area contributed by atoms with Crippen LogP contribution in [0.2, 0.25) is 0 Å². The van der Waals surface area contributed by atoms with Gasteiger partial charge >= 0.3 is 7.12 Å². The fourth-order valence-corrected chi connectivity index (χ4v) is 2.39. The molecule has 0 unspecified atom stereocenters. The lowest BCUT2D eigenvalue weighted by molar-refractivity contribution is 0.425. The Morgan fingerprint density at radius 2 is 1.71 bits per heavy atom. The molecule has 0 saturated heterocycles. The van der Waals surface area contributed by atoms with Gasteiger partial charge in [0.25, 0.3) is 0 Å². The molecule has 2 nitrogen and oxygen atoms in total. The zero-order valence-electron chi connectivity index (χ0n) is 9.28. The van der Waals surface area contributed by atoms with Gasteiger partial charge in [-0.05, 0) is 23.2 Å². The molecule has 4 heteroatoms. The predicted molar refractivity (Wildman–Crippen MR) is 72.3 cm³/mol. The molecule has 2 N–H and O–H groups in total. The second-order valence-electron chi connectivity index (χ2n) is 3.72. The van der Waals surface area contributed by atoms with Crippen molar-refractivity contribution < 1.29 is 10.0 Å². The van der Waals surface area contributed by atoms with Crippen molar-refractivity contribution in [2.75, 3.05) is 0 Å². The van der Waals surface area contributed by atoms with Gasteiger partial charge in [-0.1, -0.05) is 42.5 Å². The molecule has 0 spiro atoms. The third-order valence-corrected chi connectivity index (χ3v) is 3.48. The van der Waals surface area contributed by atoms with Crippen molar-refractivity contribution in [2.24, 2.45) is 0 Å². The summed E-state index contributed by atoms with van der Waals surface area (Å²) in [6.45, 7) is 0. The van der Waals surface area contributed by atoms with Crippen molar-refractivity contribution in [3.8, 4) is 0 Å². The van der Waals surface area contributed by atoms with Crippen LogP contribution >= 0.6 is 11.8 Å². The number of thioether (sulfide) groups is 1. The van der Waals surface area contributed by atoms with Crippen LogP contribution < -0.4 is 5.46 Å². The van der Waals surface area contributed by atoms with E-state index in [1.807, 2.05) is 36.4 Å². The lowest BCUT2D eigenvalue weighted by atomic mass is 9.80. The zero-order valence-corrected chi connectivity index (χ0v) is 10.1. The van der Waals surface area contributed by atoms with Crippen LogP contribution in [-0.2, 0) is 5.75 Å². The molecule has 0 radical (unpaired) electrons. The highest BCUT2D eigenvalue weighted by Crippen LogP contribution is 2.21. The van der Waals surface area contributed by atoms with E-state index in [4.69, 9.17) is 10.0 Å². The fourth-order valence-electron chi connectivity index (χ4n) is 1.53. The zero-order chi connectivity index (χ0) is 12.1. The van der Waals surface area contributed by atoms with E-state index in [1.54, 1.807) is 17.8 Å². The van der Waals surface area contributed by atoms with Crippen molar-refractivity contribution in [1.82, 2.24) is 0 Å². The Kier molecular flexibility index (Phi) is 4.26. The highest BCUT2D eigenvalue weighted by molar-refractivity contribution is 7.98. The van der Waals surface area contributed by atoms with E-state index in [-0.39, 0.29) is 0 Å². The summed E-state index contributed by atoms with van der Waals surface area (Å²) in [6.07, 6.45) is 0. The predicted octanol–water partition coefficient (Wildman–Crippen LogP) is 1.66. The van der Waals surface area contributed by atoms with Gasteiger partial charge in [-0.25, -0.2) is 0 Å². The first-order chi connectivity index (χ1) is 8.25. The van der Waals surface area contributed by atoms with E-state index in [2.05, 4.69) is 12.1 Å². The van der Waals surface area contributed by atoms with Gasteiger partial charge in [-0.3, -0.25) is 0 Å². The summed E-state index contributed by atoms with van der Waals surface area (Å²) < 4.78 is 0. The van der Waals surface area contributed by atoms with E-state index in [1.165, 1.54) is 4.90 Å². The SMILES string of the molecule is OB(O)c1cccc(CSc2ccccc2)c1. The standard InChI is InChI=1S/C13H13BO2S/c15-14(16)12-6-4-5-11(9-12)10-17-13-7-2-1-3-8-13/h1-9,15-16H,10H2. The van der Waals surface area contributed by atoms with E-state index >= 15 is 0 Å². The van der Waals surface area contributed by atoms with Crippen molar-refractivity contribution in [1.29, 1.82) is 0 Å². The second-order valence-corrected chi connectivity index (χ2v) is 4.77. The summed E-state index contributed by atoms with van der Waals surface area (Å²) in [5, 5.41) is 18.2. The fraction of sp³-hybridized carbons (Fsp3) is 0.0769. The number of hydrogen-bond acceptors (Lipinski definition) is 3. The van der Waals surface area contributed by atoms with E-state index in [0.717, 1.165) is 11.3 Å². The van der Waals surface area contributed by atoms with Crippen LogP contribution in [-0.4, -0.2) is 17.2 Å². The first kappa shape index (κ1) is 12.2. The molecule has 0 saturated carbocycles. The summed E-state index contributed by atoms with van der Waals surface area (Å²) in [5.41, 5.74) is 1.63. The van der Waals surface area contributed by atoms with E-state index in [9.17, 15) is 0 Å². The molecule has 0 aromatic heterocycles. The minimum Gasteiger partial charge on any atom is -0.423 e. The van der Waals surface area contributed by atoms with Crippen LogP contribution in [0.3, 0.4) is 0 Å².